The molecule has 0 bridgehead atoms. The van der Waals surface area contributed by atoms with Gasteiger partial charge in [0.05, 0.1) is 15.7 Å². The molecule has 2 rings (SSSR count). The van der Waals surface area contributed by atoms with E-state index in [2.05, 4.69) is 31.8 Å². The second kappa shape index (κ2) is 8.42. The summed E-state index contributed by atoms with van der Waals surface area (Å²) < 4.78 is 1.26. The first-order valence-electron chi connectivity index (χ1n) is 5.48. The van der Waals surface area contributed by atoms with Gasteiger partial charge in [-0.1, -0.05) is 46.8 Å². The average Bonchev–Trinajstić information content (AvgIpc) is 2.67. The smallest absolute Gasteiger partial charge is 0.0812 e. The number of fused-ring (bicyclic) bond motifs is 1. The van der Waals surface area contributed by atoms with Gasteiger partial charge in [0.25, 0.3) is 0 Å². The third kappa shape index (κ3) is 6.24. The zero-order valence-corrected chi connectivity index (χ0v) is 11.1. The maximum absolute atomic E-state index is 4.14. The molecule has 0 saturated carbocycles. The Kier molecular flexibility index (Phi) is 7.92. The Hall–Kier alpha value is -0.890. The first-order valence-corrected chi connectivity index (χ1v) is 6.36. The van der Waals surface area contributed by atoms with E-state index < -0.39 is 0 Å². The molecule has 0 aliphatic carbocycles. The predicted molar refractivity (Wildman–Crippen MR) is 71.5 cm³/mol. The van der Waals surface area contributed by atoms with Crippen LogP contribution < -0.4 is 0 Å². The maximum Gasteiger partial charge on any atom is 0.0812 e. The molecule has 0 fully saturated rings. The van der Waals surface area contributed by atoms with Crippen molar-refractivity contribution in [1.29, 1.82) is 0 Å². The highest BCUT2D eigenvalue weighted by Gasteiger charge is 1.89. The van der Waals surface area contributed by atoms with Crippen molar-refractivity contribution in [2.45, 2.75) is 34.6 Å². The van der Waals surface area contributed by atoms with Crippen LogP contribution in [0.15, 0.2) is 29.8 Å². The summed E-state index contributed by atoms with van der Waals surface area (Å²) in [7, 11) is 0. The van der Waals surface area contributed by atoms with Gasteiger partial charge in [-0.3, -0.25) is 0 Å². The van der Waals surface area contributed by atoms with Crippen molar-refractivity contribution in [3.8, 4) is 0 Å². The fourth-order valence-corrected chi connectivity index (χ4v) is 1.48. The minimum absolute atomic E-state index is 0.833. The van der Waals surface area contributed by atoms with Crippen LogP contribution in [0.5, 0.6) is 0 Å². The number of nitrogens with zero attached hydrogens (tertiary/aromatic N) is 1. The van der Waals surface area contributed by atoms with Crippen molar-refractivity contribution in [3.63, 3.8) is 0 Å². The fourth-order valence-electron chi connectivity index (χ4n) is 0.803. The predicted octanol–water partition coefficient (Wildman–Crippen LogP) is 4.98. The second-order valence-electron chi connectivity index (χ2n) is 3.55. The van der Waals surface area contributed by atoms with E-state index in [1.54, 1.807) is 11.3 Å². The summed E-state index contributed by atoms with van der Waals surface area (Å²) in [6.45, 7) is 10.5. The second-order valence-corrected chi connectivity index (χ2v) is 4.44. The largest absolute Gasteiger partial charge is 0.245 e. The van der Waals surface area contributed by atoms with Crippen LogP contribution in [0.4, 0.5) is 0 Å². The lowest BCUT2D eigenvalue weighted by molar-refractivity contribution is 0.737. The lowest BCUT2D eigenvalue weighted by Crippen LogP contribution is -1.66. The molecule has 0 saturated heterocycles. The Balaban J connectivity index is 0.000000282. The molecule has 0 unspecified atom stereocenters. The summed E-state index contributed by atoms with van der Waals surface area (Å²) in [4.78, 5) is 4.14. The van der Waals surface area contributed by atoms with E-state index in [4.69, 9.17) is 0 Å². The minimum Gasteiger partial charge on any atom is -0.245 e. The Morgan fingerprint density at radius 1 is 1.07 bits per heavy atom. The SMILES string of the molecule is CC.CC(C)C.c1ccc2scnc2c1. The van der Waals surface area contributed by atoms with Gasteiger partial charge in [-0.15, -0.1) is 11.3 Å². The molecule has 0 N–H and O–H groups in total. The van der Waals surface area contributed by atoms with Crippen LogP contribution in [-0.2, 0) is 0 Å². The molecule has 1 nitrogen and oxygen atoms in total. The number of hydrogen-bond acceptors (Lipinski definition) is 2. The van der Waals surface area contributed by atoms with Gasteiger partial charge in [-0.2, -0.15) is 0 Å². The van der Waals surface area contributed by atoms with Gasteiger partial charge < -0.3 is 0 Å². The highest BCUT2D eigenvalue weighted by Crippen LogP contribution is 2.15. The maximum atomic E-state index is 4.14. The highest BCUT2D eigenvalue weighted by molar-refractivity contribution is 7.16. The standard InChI is InChI=1S/C7H5NS.C4H10.C2H6/c1-2-4-7-6(3-1)8-5-9-7;1-4(2)3;1-2/h1-5H;4H,1-3H3;1-2H3. The van der Waals surface area contributed by atoms with Gasteiger partial charge >= 0.3 is 0 Å². The highest BCUT2D eigenvalue weighted by atomic mass is 32.1. The molecule has 2 heteroatoms. The number of para-hydroxylation sites is 1. The molecule has 0 aliphatic heterocycles. The molecule has 0 amide bonds. The number of benzene rings is 1. The van der Waals surface area contributed by atoms with Crippen LogP contribution in [0.2, 0.25) is 0 Å². The van der Waals surface area contributed by atoms with Crippen LogP contribution in [0.1, 0.15) is 34.6 Å². The Morgan fingerprint density at radius 3 is 2.13 bits per heavy atom. The Labute approximate surface area is 97.2 Å². The molecule has 15 heavy (non-hydrogen) atoms. The lowest BCUT2D eigenvalue weighted by atomic mass is 10.3. The Morgan fingerprint density at radius 2 is 1.60 bits per heavy atom. The summed E-state index contributed by atoms with van der Waals surface area (Å²) in [5, 5.41) is 0. The number of thiazole rings is 1. The van der Waals surface area contributed by atoms with Gasteiger partial charge in [-0.05, 0) is 18.1 Å². The van der Waals surface area contributed by atoms with Crippen molar-refractivity contribution >= 4 is 21.6 Å². The van der Waals surface area contributed by atoms with Gasteiger partial charge in [0.2, 0.25) is 0 Å². The lowest BCUT2D eigenvalue weighted by Gasteiger charge is -1.80. The van der Waals surface area contributed by atoms with Crippen molar-refractivity contribution in [2.24, 2.45) is 5.92 Å². The third-order valence-corrected chi connectivity index (χ3v) is 2.05. The molecular formula is C13H21NS. The Bertz CT molecular complexity index is 319. The van der Waals surface area contributed by atoms with E-state index >= 15 is 0 Å². The van der Waals surface area contributed by atoms with Gasteiger partial charge in [-0.25, -0.2) is 4.98 Å². The average molecular weight is 223 g/mol. The molecular weight excluding hydrogens is 202 g/mol. The van der Waals surface area contributed by atoms with Crippen LogP contribution in [0.25, 0.3) is 10.2 Å². The van der Waals surface area contributed by atoms with Gasteiger partial charge in [0.1, 0.15) is 0 Å². The number of hydrogen-bond donors (Lipinski definition) is 0. The van der Waals surface area contributed by atoms with E-state index in [9.17, 15) is 0 Å². The molecule has 0 radical (unpaired) electrons. The van der Waals surface area contributed by atoms with E-state index in [0.29, 0.717) is 0 Å². The summed E-state index contributed by atoms with van der Waals surface area (Å²) in [6, 6.07) is 8.13. The van der Waals surface area contributed by atoms with E-state index in [-0.39, 0.29) is 0 Å². The zero-order valence-electron chi connectivity index (χ0n) is 10.3. The fraction of sp³-hybridized carbons (Fsp3) is 0.462. The first-order chi connectivity index (χ1) is 7.20. The summed E-state index contributed by atoms with van der Waals surface area (Å²) in [5.41, 5.74) is 2.97. The van der Waals surface area contributed by atoms with Crippen LogP contribution in [0, 0.1) is 5.92 Å². The monoisotopic (exact) mass is 223 g/mol. The molecule has 1 aromatic carbocycles. The first kappa shape index (κ1) is 14.1. The van der Waals surface area contributed by atoms with Gasteiger partial charge in [0.15, 0.2) is 0 Å². The molecule has 84 valence electrons. The number of rotatable bonds is 0. The van der Waals surface area contributed by atoms with E-state index in [1.807, 2.05) is 37.6 Å². The van der Waals surface area contributed by atoms with Gasteiger partial charge in [0, 0.05) is 0 Å². The van der Waals surface area contributed by atoms with E-state index in [1.165, 1.54) is 4.70 Å². The minimum atomic E-state index is 0.833. The quantitative estimate of drug-likeness (QED) is 0.613. The third-order valence-electron chi connectivity index (χ3n) is 1.24. The summed E-state index contributed by atoms with van der Waals surface area (Å²) >= 11 is 1.68. The van der Waals surface area contributed by atoms with Crippen molar-refractivity contribution in [1.82, 2.24) is 4.98 Å². The zero-order chi connectivity index (χ0) is 11.7. The molecule has 0 atom stereocenters. The summed E-state index contributed by atoms with van der Waals surface area (Å²) in [5.74, 6) is 0.833. The molecule has 1 heterocycles. The number of aromatic nitrogens is 1. The molecule has 0 spiro atoms. The van der Waals surface area contributed by atoms with Crippen molar-refractivity contribution < 1.29 is 0 Å². The topological polar surface area (TPSA) is 12.9 Å². The summed E-state index contributed by atoms with van der Waals surface area (Å²) in [6.07, 6.45) is 0. The van der Waals surface area contributed by atoms with Crippen molar-refractivity contribution in [3.05, 3.63) is 29.8 Å². The molecule has 2 aromatic rings. The van der Waals surface area contributed by atoms with Crippen LogP contribution >= 0.6 is 11.3 Å². The molecule has 1 aromatic heterocycles. The normalized spacial score (nSPS) is 8.93. The van der Waals surface area contributed by atoms with Crippen molar-refractivity contribution in [2.75, 3.05) is 0 Å². The van der Waals surface area contributed by atoms with Crippen LogP contribution in [0.3, 0.4) is 0 Å². The van der Waals surface area contributed by atoms with Crippen LogP contribution in [-0.4, -0.2) is 4.98 Å². The van der Waals surface area contributed by atoms with E-state index in [0.717, 1.165) is 11.4 Å². The molecule has 0 aliphatic rings.